The third-order valence-electron chi connectivity index (χ3n) is 4.59. The number of halogens is 1. The van der Waals surface area contributed by atoms with E-state index in [1.165, 1.54) is 6.07 Å². The fraction of sp³-hybridized carbons (Fsp3) is 0.222. The Kier molecular flexibility index (Phi) is 3.63. The van der Waals surface area contributed by atoms with Crippen LogP contribution in [0.1, 0.15) is 17.2 Å². The number of hydrazine groups is 1. The first kappa shape index (κ1) is 15.0. The molecule has 0 radical (unpaired) electrons. The number of rotatable bonds is 3. The predicted octanol–water partition coefficient (Wildman–Crippen LogP) is 1.53. The molecule has 0 aromatic heterocycles. The molecule has 2 aliphatic rings. The first-order valence-corrected chi connectivity index (χ1v) is 7.81. The number of hydrogen-bond donors (Lipinski definition) is 2. The van der Waals surface area contributed by atoms with Crippen LogP contribution in [0.4, 0.5) is 4.39 Å². The number of fused-ring (bicyclic) bond motifs is 1. The van der Waals surface area contributed by atoms with Gasteiger partial charge in [0.2, 0.25) is 11.8 Å². The van der Waals surface area contributed by atoms with Crippen molar-refractivity contribution in [3.05, 3.63) is 71.5 Å². The number of carbonyl (C=O) groups is 2. The number of amides is 2. The molecule has 2 amide bonds. The second-order valence-corrected chi connectivity index (χ2v) is 6.07. The van der Waals surface area contributed by atoms with Gasteiger partial charge >= 0.3 is 0 Å². The Balaban J connectivity index is 1.69. The zero-order valence-corrected chi connectivity index (χ0v) is 12.8. The van der Waals surface area contributed by atoms with Crippen LogP contribution in [-0.2, 0) is 16.1 Å². The van der Waals surface area contributed by atoms with Crippen LogP contribution < -0.4 is 10.7 Å². The largest absolute Gasteiger partial charge is 0.295 e. The maximum atomic E-state index is 14.2. The van der Waals surface area contributed by atoms with Crippen LogP contribution >= 0.6 is 0 Å². The molecule has 2 aliphatic heterocycles. The molecule has 0 spiro atoms. The third-order valence-corrected chi connectivity index (χ3v) is 4.59. The Hall–Kier alpha value is -2.57. The molecule has 2 fully saturated rings. The number of imide groups is 1. The number of nitrogens with zero attached hydrogens (tertiary/aromatic N) is 1. The summed E-state index contributed by atoms with van der Waals surface area (Å²) in [5.74, 6) is -1.73. The summed E-state index contributed by atoms with van der Waals surface area (Å²) in [5.41, 5.74) is 4.57. The Bertz CT molecular complexity index is 796. The van der Waals surface area contributed by atoms with Crippen molar-refractivity contribution in [2.75, 3.05) is 0 Å². The Morgan fingerprint density at radius 3 is 2.42 bits per heavy atom. The van der Waals surface area contributed by atoms with E-state index in [1.807, 2.05) is 30.3 Å². The average Bonchev–Trinajstić information content (AvgIpc) is 3.09. The topological polar surface area (TPSA) is 61.4 Å². The highest BCUT2D eigenvalue weighted by atomic mass is 19.1. The minimum atomic E-state index is -0.641. The first-order chi connectivity index (χ1) is 11.6. The Morgan fingerprint density at radius 2 is 1.67 bits per heavy atom. The lowest BCUT2D eigenvalue weighted by Gasteiger charge is -2.22. The smallest absolute Gasteiger partial charge is 0.246 e. The molecule has 122 valence electrons. The lowest BCUT2D eigenvalue weighted by molar-refractivity contribution is -0.127. The van der Waals surface area contributed by atoms with Gasteiger partial charge in [0.1, 0.15) is 11.9 Å². The van der Waals surface area contributed by atoms with Crippen LogP contribution in [0, 0.1) is 11.7 Å². The number of hydrogen-bond acceptors (Lipinski definition) is 4. The average molecular weight is 325 g/mol. The number of benzene rings is 2. The van der Waals surface area contributed by atoms with E-state index in [-0.39, 0.29) is 17.6 Å². The molecule has 6 heteroatoms. The quantitative estimate of drug-likeness (QED) is 0.840. The van der Waals surface area contributed by atoms with Gasteiger partial charge in [0.15, 0.2) is 0 Å². The van der Waals surface area contributed by atoms with E-state index in [0.29, 0.717) is 12.1 Å². The second kappa shape index (κ2) is 5.81. The lowest BCUT2D eigenvalue weighted by atomic mass is 9.90. The van der Waals surface area contributed by atoms with Crippen LogP contribution in [-0.4, -0.2) is 22.9 Å². The molecule has 2 heterocycles. The molecule has 5 nitrogen and oxygen atoms in total. The van der Waals surface area contributed by atoms with Crippen LogP contribution in [0.3, 0.4) is 0 Å². The number of carbonyl (C=O) groups excluding carboxylic acids is 2. The fourth-order valence-electron chi connectivity index (χ4n) is 3.51. The molecule has 2 saturated heterocycles. The number of nitrogens with one attached hydrogen (secondary N) is 2. The van der Waals surface area contributed by atoms with Crippen LogP contribution in [0.2, 0.25) is 0 Å². The minimum Gasteiger partial charge on any atom is -0.295 e. The van der Waals surface area contributed by atoms with Gasteiger partial charge in [-0.3, -0.25) is 14.9 Å². The normalized spacial score (nSPS) is 26.5. The summed E-state index contributed by atoms with van der Waals surface area (Å²) in [6.45, 7) is 0.452. The highest BCUT2D eigenvalue weighted by Gasteiger charge is 2.55. The van der Waals surface area contributed by atoms with Crippen molar-refractivity contribution in [1.82, 2.24) is 15.8 Å². The standard InChI is InChI=1S/C18H16FN3O2/c19-13-9-5-4-8-12(13)15-14-16(18(24)20-17(14)23)22(21-15)10-11-6-2-1-3-7-11/h1-9,14-16,21H,10H2,(H,20,23,24). The summed E-state index contributed by atoms with van der Waals surface area (Å²) >= 11 is 0. The summed E-state index contributed by atoms with van der Waals surface area (Å²) in [6, 6.07) is 14.8. The van der Waals surface area contributed by atoms with Gasteiger partial charge in [-0.25, -0.2) is 14.8 Å². The summed E-state index contributed by atoms with van der Waals surface area (Å²) in [7, 11) is 0. The lowest BCUT2D eigenvalue weighted by Crippen LogP contribution is -2.43. The second-order valence-electron chi connectivity index (χ2n) is 6.07. The van der Waals surface area contributed by atoms with Crippen molar-refractivity contribution >= 4 is 11.8 Å². The van der Waals surface area contributed by atoms with Crippen LogP contribution in [0.25, 0.3) is 0 Å². The molecule has 4 rings (SSSR count). The van der Waals surface area contributed by atoms with Gasteiger partial charge in [-0.15, -0.1) is 0 Å². The Labute approximate surface area is 138 Å². The van der Waals surface area contributed by atoms with Crippen molar-refractivity contribution in [2.45, 2.75) is 18.6 Å². The first-order valence-electron chi connectivity index (χ1n) is 7.81. The highest BCUT2D eigenvalue weighted by molar-refractivity contribution is 6.07. The van der Waals surface area contributed by atoms with Crippen LogP contribution in [0.5, 0.6) is 0 Å². The molecule has 24 heavy (non-hydrogen) atoms. The van der Waals surface area contributed by atoms with Crippen molar-refractivity contribution in [2.24, 2.45) is 5.92 Å². The van der Waals surface area contributed by atoms with Crippen molar-refractivity contribution in [3.8, 4) is 0 Å². The molecule has 2 aromatic rings. The van der Waals surface area contributed by atoms with Crippen molar-refractivity contribution in [3.63, 3.8) is 0 Å². The summed E-state index contributed by atoms with van der Waals surface area (Å²) in [5, 5.41) is 4.11. The van der Waals surface area contributed by atoms with Gasteiger partial charge in [0.25, 0.3) is 0 Å². The molecular weight excluding hydrogens is 309 g/mol. The molecule has 0 saturated carbocycles. The van der Waals surface area contributed by atoms with Crippen molar-refractivity contribution < 1.29 is 14.0 Å². The van der Waals surface area contributed by atoms with E-state index in [2.05, 4.69) is 10.7 Å². The molecule has 0 aliphatic carbocycles. The monoisotopic (exact) mass is 325 g/mol. The molecule has 3 atom stereocenters. The molecule has 2 aromatic carbocycles. The van der Waals surface area contributed by atoms with Crippen LogP contribution in [0.15, 0.2) is 54.6 Å². The van der Waals surface area contributed by atoms with E-state index >= 15 is 0 Å². The SMILES string of the molecule is O=C1NC(=O)C2C1C(c1ccccc1F)NN2Cc1ccccc1. The van der Waals surface area contributed by atoms with Gasteiger partial charge in [-0.05, 0) is 11.6 Å². The molecule has 3 unspecified atom stereocenters. The van der Waals surface area contributed by atoms with Gasteiger partial charge in [-0.1, -0.05) is 48.5 Å². The van der Waals surface area contributed by atoms with Gasteiger partial charge < -0.3 is 0 Å². The maximum Gasteiger partial charge on any atom is 0.246 e. The maximum absolute atomic E-state index is 14.2. The zero-order valence-electron chi connectivity index (χ0n) is 12.8. The third kappa shape index (κ3) is 2.40. The predicted molar refractivity (Wildman–Crippen MR) is 84.7 cm³/mol. The minimum absolute atomic E-state index is 0.340. The van der Waals surface area contributed by atoms with Gasteiger partial charge in [0.05, 0.1) is 12.0 Å². The molecule has 2 N–H and O–H groups in total. The fourth-order valence-corrected chi connectivity index (χ4v) is 3.51. The summed E-state index contributed by atoms with van der Waals surface area (Å²) in [4.78, 5) is 24.5. The van der Waals surface area contributed by atoms with E-state index in [0.717, 1.165) is 5.56 Å². The van der Waals surface area contributed by atoms with E-state index in [1.54, 1.807) is 23.2 Å². The molecule has 0 bridgehead atoms. The van der Waals surface area contributed by atoms with E-state index in [9.17, 15) is 14.0 Å². The van der Waals surface area contributed by atoms with Crippen molar-refractivity contribution in [1.29, 1.82) is 0 Å². The van der Waals surface area contributed by atoms with Gasteiger partial charge in [-0.2, -0.15) is 0 Å². The van der Waals surface area contributed by atoms with Gasteiger partial charge in [0, 0.05) is 12.1 Å². The summed E-state index contributed by atoms with van der Waals surface area (Å²) < 4.78 is 14.2. The Morgan fingerprint density at radius 1 is 0.958 bits per heavy atom. The highest BCUT2D eigenvalue weighted by Crippen LogP contribution is 2.38. The van der Waals surface area contributed by atoms with E-state index in [4.69, 9.17) is 0 Å². The van der Waals surface area contributed by atoms with E-state index < -0.39 is 18.0 Å². The summed E-state index contributed by atoms with van der Waals surface area (Å²) in [6.07, 6.45) is 0. The zero-order chi connectivity index (χ0) is 16.7. The molecular formula is C18H16FN3O2.